The third kappa shape index (κ3) is 3.68. The molecule has 0 atom stereocenters. The molecule has 0 aliphatic rings. The van der Waals surface area contributed by atoms with Crippen molar-refractivity contribution in [3.63, 3.8) is 0 Å². The van der Waals surface area contributed by atoms with Gasteiger partial charge in [0.2, 0.25) is 0 Å². The van der Waals surface area contributed by atoms with Crippen LogP contribution in [-0.4, -0.2) is 16.1 Å². The largest absolute Gasteiger partial charge is 0.328 e. The molecule has 4 heteroatoms. The molecule has 0 aliphatic carbocycles. The standard InChI is InChI=1S/C13H19N3S/c1-11(2)6-14-7-12-8-15-10-16(12)9-13-4-3-5-17-13/h3-5,8,10-11,14H,6-7,9H2,1-2H3. The molecule has 2 aromatic rings. The first-order valence-corrected chi connectivity index (χ1v) is 6.86. The van der Waals surface area contributed by atoms with Gasteiger partial charge in [0.15, 0.2) is 0 Å². The molecule has 0 saturated carbocycles. The van der Waals surface area contributed by atoms with Gasteiger partial charge in [-0.15, -0.1) is 11.3 Å². The minimum absolute atomic E-state index is 0.684. The molecule has 0 amide bonds. The zero-order valence-corrected chi connectivity index (χ0v) is 11.2. The van der Waals surface area contributed by atoms with Crippen LogP contribution in [0.4, 0.5) is 0 Å². The molecule has 1 N–H and O–H groups in total. The Morgan fingerprint density at radius 3 is 3.06 bits per heavy atom. The molecule has 0 bridgehead atoms. The van der Waals surface area contributed by atoms with Crippen molar-refractivity contribution < 1.29 is 0 Å². The van der Waals surface area contributed by atoms with Gasteiger partial charge in [-0.2, -0.15) is 0 Å². The van der Waals surface area contributed by atoms with Gasteiger partial charge in [0.05, 0.1) is 18.6 Å². The third-order valence-electron chi connectivity index (χ3n) is 2.56. The van der Waals surface area contributed by atoms with E-state index in [1.165, 1.54) is 10.6 Å². The third-order valence-corrected chi connectivity index (χ3v) is 3.42. The van der Waals surface area contributed by atoms with Crippen molar-refractivity contribution in [1.82, 2.24) is 14.9 Å². The maximum atomic E-state index is 4.23. The Morgan fingerprint density at radius 1 is 1.47 bits per heavy atom. The van der Waals surface area contributed by atoms with Crippen LogP contribution < -0.4 is 5.32 Å². The Hall–Kier alpha value is -1.13. The van der Waals surface area contributed by atoms with E-state index in [2.05, 4.69) is 46.2 Å². The zero-order valence-electron chi connectivity index (χ0n) is 10.4. The Bertz CT molecular complexity index is 431. The fraction of sp³-hybridized carbons (Fsp3) is 0.462. The lowest BCUT2D eigenvalue weighted by atomic mass is 10.2. The topological polar surface area (TPSA) is 29.9 Å². The highest BCUT2D eigenvalue weighted by Gasteiger charge is 2.03. The highest BCUT2D eigenvalue weighted by atomic mass is 32.1. The van der Waals surface area contributed by atoms with Gasteiger partial charge in [0.25, 0.3) is 0 Å². The number of rotatable bonds is 6. The van der Waals surface area contributed by atoms with Crippen molar-refractivity contribution >= 4 is 11.3 Å². The Morgan fingerprint density at radius 2 is 2.35 bits per heavy atom. The van der Waals surface area contributed by atoms with Crippen molar-refractivity contribution in [2.24, 2.45) is 5.92 Å². The average molecular weight is 249 g/mol. The van der Waals surface area contributed by atoms with Gasteiger partial charge in [-0.1, -0.05) is 19.9 Å². The van der Waals surface area contributed by atoms with Gasteiger partial charge in [-0.3, -0.25) is 0 Å². The zero-order chi connectivity index (χ0) is 12.1. The number of nitrogens with one attached hydrogen (secondary N) is 1. The number of imidazole rings is 1. The van der Waals surface area contributed by atoms with Gasteiger partial charge in [-0.05, 0) is 23.9 Å². The second kappa shape index (κ2) is 5.98. The van der Waals surface area contributed by atoms with E-state index < -0.39 is 0 Å². The number of hydrogen-bond acceptors (Lipinski definition) is 3. The second-order valence-corrected chi connectivity index (χ2v) is 5.65. The first kappa shape index (κ1) is 12.3. The van der Waals surface area contributed by atoms with Crippen LogP contribution in [0.3, 0.4) is 0 Å². The molecule has 0 aliphatic heterocycles. The summed E-state index contributed by atoms with van der Waals surface area (Å²) in [4.78, 5) is 5.60. The van der Waals surface area contributed by atoms with Crippen LogP contribution in [0.2, 0.25) is 0 Å². The lowest BCUT2D eigenvalue weighted by Crippen LogP contribution is -2.20. The Kier molecular flexibility index (Phi) is 4.34. The van der Waals surface area contributed by atoms with Gasteiger partial charge in [-0.25, -0.2) is 4.98 Å². The smallest absolute Gasteiger partial charge is 0.0952 e. The van der Waals surface area contributed by atoms with Crippen LogP contribution in [0.1, 0.15) is 24.4 Å². The predicted octanol–water partition coefficient (Wildman–Crippen LogP) is 2.74. The summed E-state index contributed by atoms with van der Waals surface area (Å²) < 4.78 is 2.21. The van der Waals surface area contributed by atoms with Crippen molar-refractivity contribution in [2.45, 2.75) is 26.9 Å². The fourth-order valence-electron chi connectivity index (χ4n) is 1.70. The first-order chi connectivity index (χ1) is 8.25. The van der Waals surface area contributed by atoms with E-state index >= 15 is 0 Å². The molecule has 17 heavy (non-hydrogen) atoms. The molecule has 2 heterocycles. The molecule has 0 aromatic carbocycles. The van der Waals surface area contributed by atoms with Crippen molar-refractivity contribution in [2.75, 3.05) is 6.54 Å². The van der Waals surface area contributed by atoms with Gasteiger partial charge >= 0.3 is 0 Å². The lowest BCUT2D eigenvalue weighted by molar-refractivity contribution is 0.539. The summed E-state index contributed by atoms with van der Waals surface area (Å²) in [5.74, 6) is 0.684. The van der Waals surface area contributed by atoms with Crippen LogP contribution in [0, 0.1) is 5.92 Å². The predicted molar refractivity (Wildman–Crippen MR) is 72.2 cm³/mol. The van der Waals surface area contributed by atoms with E-state index in [4.69, 9.17) is 0 Å². The van der Waals surface area contributed by atoms with Crippen molar-refractivity contribution in [3.8, 4) is 0 Å². The molecule has 0 unspecified atom stereocenters. The summed E-state index contributed by atoms with van der Waals surface area (Å²) in [5.41, 5.74) is 1.25. The molecular formula is C13H19N3S. The molecule has 0 radical (unpaired) electrons. The molecule has 3 nitrogen and oxygen atoms in total. The van der Waals surface area contributed by atoms with Gasteiger partial charge < -0.3 is 9.88 Å². The number of thiophene rings is 1. The minimum atomic E-state index is 0.684. The van der Waals surface area contributed by atoms with Gasteiger partial charge in [0, 0.05) is 17.6 Å². The minimum Gasteiger partial charge on any atom is -0.328 e. The average Bonchev–Trinajstić information content (AvgIpc) is 2.91. The van der Waals surface area contributed by atoms with E-state index in [1.807, 2.05) is 12.5 Å². The highest BCUT2D eigenvalue weighted by Crippen LogP contribution is 2.12. The van der Waals surface area contributed by atoms with Crippen LogP contribution >= 0.6 is 11.3 Å². The molecule has 92 valence electrons. The fourth-order valence-corrected chi connectivity index (χ4v) is 2.40. The summed E-state index contributed by atoms with van der Waals surface area (Å²) in [5, 5.41) is 5.56. The highest BCUT2D eigenvalue weighted by molar-refractivity contribution is 7.09. The SMILES string of the molecule is CC(C)CNCc1cncn1Cc1cccs1. The maximum Gasteiger partial charge on any atom is 0.0952 e. The Labute approximate surface area is 107 Å². The molecule has 0 spiro atoms. The normalized spacial score (nSPS) is 11.2. The molecule has 2 aromatic heterocycles. The molecule has 0 fully saturated rings. The van der Waals surface area contributed by atoms with E-state index in [9.17, 15) is 0 Å². The second-order valence-electron chi connectivity index (χ2n) is 4.62. The summed E-state index contributed by atoms with van der Waals surface area (Å²) in [6.07, 6.45) is 3.85. The van der Waals surface area contributed by atoms with Crippen LogP contribution in [-0.2, 0) is 13.1 Å². The quantitative estimate of drug-likeness (QED) is 0.853. The summed E-state index contributed by atoms with van der Waals surface area (Å²) in [7, 11) is 0. The summed E-state index contributed by atoms with van der Waals surface area (Å²) in [6, 6.07) is 4.25. The number of hydrogen-bond donors (Lipinski definition) is 1. The van der Waals surface area contributed by atoms with E-state index in [0.717, 1.165) is 19.6 Å². The summed E-state index contributed by atoms with van der Waals surface area (Å²) >= 11 is 1.79. The van der Waals surface area contributed by atoms with Crippen molar-refractivity contribution in [3.05, 3.63) is 40.6 Å². The Balaban J connectivity index is 1.92. The molecule has 0 saturated heterocycles. The van der Waals surface area contributed by atoms with E-state index in [0.29, 0.717) is 5.92 Å². The van der Waals surface area contributed by atoms with E-state index in [-0.39, 0.29) is 0 Å². The van der Waals surface area contributed by atoms with Crippen molar-refractivity contribution in [1.29, 1.82) is 0 Å². The van der Waals surface area contributed by atoms with Crippen LogP contribution in [0.5, 0.6) is 0 Å². The number of nitrogens with zero attached hydrogens (tertiary/aromatic N) is 2. The maximum absolute atomic E-state index is 4.23. The first-order valence-electron chi connectivity index (χ1n) is 5.98. The lowest BCUT2D eigenvalue weighted by Gasteiger charge is -2.09. The van der Waals surface area contributed by atoms with E-state index in [1.54, 1.807) is 11.3 Å². The van der Waals surface area contributed by atoms with Gasteiger partial charge in [0.1, 0.15) is 0 Å². The summed E-state index contributed by atoms with van der Waals surface area (Å²) in [6.45, 7) is 7.30. The molecule has 2 rings (SSSR count). The van der Waals surface area contributed by atoms with Crippen LogP contribution in [0.25, 0.3) is 0 Å². The monoisotopic (exact) mass is 249 g/mol. The molecular weight excluding hydrogens is 230 g/mol. The number of aromatic nitrogens is 2. The van der Waals surface area contributed by atoms with Crippen LogP contribution in [0.15, 0.2) is 30.0 Å².